The Morgan fingerprint density at radius 2 is 2.00 bits per heavy atom. The van der Waals surface area contributed by atoms with Crippen molar-refractivity contribution in [3.63, 3.8) is 0 Å². The smallest absolute Gasteiger partial charge is 0.312 e. The predicted octanol–water partition coefficient (Wildman–Crippen LogP) is 2.44. The molecule has 0 unspecified atom stereocenters. The Morgan fingerprint density at radius 1 is 1.45 bits per heavy atom. The van der Waals surface area contributed by atoms with Crippen molar-refractivity contribution in [1.29, 1.82) is 0 Å². The minimum atomic E-state index is -4.33. The zero-order chi connectivity index (χ0) is 8.91. The minimum absolute atomic E-state index is 0.506. The maximum atomic E-state index is 11.9. The van der Waals surface area contributed by atoms with Gasteiger partial charge in [-0.2, -0.15) is 8.78 Å². The van der Waals surface area contributed by atoms with Gasteiger partial charge in [0.25, 0.3) is 0 Å². The average Bonchev–Trinajstić information content (AvgIpc) is 1.88. The topological polar surface area (TPSA) is 9.23 Å². The van der Waals surface area contributed by atoms with Crippen molar-refractivity contribution in [2.45, 2.75) is 19.5 Å². The first-order valence-electron chi connectivity index (χ1n) is 2.91. The van der Waals surface area contributed by atoms with E-state index in [0.717, 1.165) is 0 Å². The van der Waals surface area contributed by atoms with Crippen LogP contribution >= 0.6 is 0 Å². The van der Waals surface area contributed by atoms with Gasteiger partial charge in [0.15, 0.2) is 0 Å². The molecule has 0 rings (SSSR count). The van der Waals surface area contributed by atoms with Crippen molar-refractivity contribution in [2.75, 3.05) is 6.61 Å². The van der Waals surface area contributed by atoms with E-state index < -0.39 is 19.1 Å². The summed E-state index contributed by atoms with van der Waals surface area (Å²) in [7, 11) is 0. The van der Waals surface area contributed by atoms with Gasteiger partial charge in [-0.15, -0.1) is 0 Å². The van der Waals surface area contributed by atoms with Crippen LogP contribution in [-0.2, 0) is 4.74 Å². The highest BCUT2D eigenvalue weighted by molar-refractivity contribution is 4.76. The molecule has 0 aromatic carbocycles. The molecule has 0 spiro atoms. The number of alkyl halides is 4. The highest BCUT2D eigenvalue weighted by Gasteiger charge is 2.41. The summed E-state index contributed by atoms with van der Waals surface area (Å²) in [5.74, 6) is 0. The van der Waals surface area contributed by atoms with Gasteiger partial charge >= 0.3 is 12.5 Å². The zero-order valence-corrected chi connectivity index (χ0v) is 5.86. The van der Waals surface area contributed by atoms with Gasteiger partial charge in [0.1, 0.15) is 0 Å². The van der Waals surface area contributed by atoms with E-state index >= 15 is 0 Å². The molecule has 0 atom stereocenters. The molecule has 5 heteroatoms. The van der Waals surface area contributed by atoms with Crippen LogP contribution < -0.4 is 0 Å². The quantitative estimate of drug-likeness (QED) is 0.467. The first-order chi connectivity index (χ1) is 5.00. The SMILES string of the molecule is CC=CCOC(F)(F)C(F)F. The van der Waals surface area contributed by atoms with E-state index in [2.05, 4.69) is 4.74 Å². The van der Waals surface area contributed by atoms with Gasteiger partial charge < -0.3 is 4.74 Å². The summed E-state index contributed by atoms with van der Waals surface area (Å²) in [4.78, 5) is 0. The molecule has 0 amide bonds. The van der Waals surface area contributed by atoms with E-state index in [1.807, 2.05) is 0 Å². The van der Waals surface area contributed by atoms with Crippen molar-refractivity contribution < 1.29 is 22.3 Å². The zero-order valence-electron chi connectivity index (χ0n) is 5.86. The van der Waals surface area contributed by atoms with Gasteiger partial charge in [0, 0.05) is 0 Å². The first kappa shape index (κ1) is 10.4. The minimum Gasteiger partial charge on any atom is -0.312 e. The van der Waals surface area contributed by atoms with Gasteiger partial charge in [-0.1, -0.05) is 12.2 Å². The van der Waals surface area contributed by atoms with E-state index in [1.54, 1.807) is 6.92 Å². The van der Waals surface area contributed by atoms with Crippen LogP contribution in [-0.4, -0.2) is 19.1 Å². The van der Waals surface area contributed by atoms with E-state index in [9.17, 15) is 17.6 Å². The van der Waals surface area contributed by atoms with Crippen LogP contribution in [0.1, 0.15) is 6.92 Å². The number of halogens is 4. The fourth-order valence-corrected chi connectivity index (χ4v) is 0.318. The Balaban J connectivity index is 3.73. The highest BCUT2D eigenvalue weighted by atomic mass is 19.3. The Morgan fingerprint density at radius 3 is 2.36 bits per heavy atom. The predicted molar refractivity (Wildman–Crippen MR) is 31.7 cm³/mol. The summed E-state index contributed by atoms with van der Waals surface area (Å²) in [5.41, 5.74) is 0. The second-order valence-electron chi connectivity index (χ2n) is 1.74. The second kappa shape index (κ2) is 4.33. The van der Waals surface area contributed by atoms with E-state index in [-0.39, 0.29) is 0 Å². The molecule has 0 N–H and O–H groups in total. The third-order valence-electron chi connectivity index (χ3n) is 0.862. The molecule has 11 heavy (non-hydrogen) atoms. The van der Waals surface area contributed by atoms with Crippen LogP contribution in [0.3, 0.4) is 0 Å². The van der Waals surface area contributed by atoms with Crippen molar-refractivity contribution in [3.05, 3.63) is 12.2 Å². The van der Waals surface area contributed by atoms with Crippen molar-refractivity contribution in [1.82, 2.24) is 0 Å². The molecule has 0 heterocycles. The van der Waals surface area contributed by atoms with E-state index in [4.69, 9.17) is 0 Å². The summed E-state index contributed by atoms with van der Waals surface area (Å²) in [6, 6.07) is 0. The Labute approximate surface area is 61.7 Å². The lowest BCUT2D eigenvalue weighted by molar-refractivity contribution is -0.295. The molecule has 66 valence electrons. The maximum absolute atomic E-state index is 11.9. The first-order valence-corrected chi connectivity index (χ1v) is 2.91. The number of rotatable bonds is 4. The summed E-state index contributed by atoms with van der Waals surface area (Å²) in [6.07, 6.45) is -5.45. The Hall–Kier alpha value is -0.580. The lowest BCUT2D eigenvalue weighted by Gasteiger charge is -2.13. The largest absolute Gasteiger partial charge is 0.416 e. The third kappa shape index (κ3) is 3.98. The van der Waals surface area contributed by atoms with Gasteiger partial charge in [-0.25, -0.2) is 8.78 Å². The Kier molecular flexibility index (Phi) is 4.10. The molecule has 0 aliphatic rings. The molecule has 0 radical (unpaired) electrons. The van der Waals surface area contributed by atoms with Crippen LogP contribution in [0.2, 0.25) is 0 Å². The molecular formula is C6H8F4O. The standard InChI is InChI=1S/C6H8F4O/c1-2-3-4-11-6(9,10)5(7)8/h2-3,5H,4H2,1H3. The molecule has 0 bridgehead atoms. The molecule has 0 saturated heterocycles. The summed E-state index contributed by atoms with van der Waals surface area (Å²) in [6.45, 7) is 1.07. The molecule has 0 aromatic heterocycles. The van der Waals surface area contributed by atoms with Crippen molar-refractivity contribution in [2.24, 2.45) is 0 Å². The molecule has 0 saturated carbocycles. The van der Waals surface area contributed by atoms with E-state index in [0.29, 0.717) is 0 Å². The van der Waals surface area contributed by atoms with Gasteiger partial charge in [-0.3, -0.25) is 0 Å². The van der Waals surface area contributed by atoms with Crippen LogP contribution in [0.4, 0.5) is 17.6 Å². The summed E-state index contributed by atoms with van der Waals surface area (Å²) < 4.78 is 50.0. The molecule has 1 nitrogen and oxygen atoms in total. The fourth-order valence-electron chi connectivity index (χ4n) is 0.318. The van der Waals surface area contributed by atoms with E-state index in [1.165, 1.54) is 12.2 Å². The Bertz CT molecular complexity index is 133. The normalized spacial score (nSPS) is 13.3. The van der Waals surface area contributed by atoms with Gasteiger partial charge in [-0.05, 0) is 6.92 Å². The van der Waals surface area contributed by atoms with Crippen LogP contribution in [0.25, 0.3) is 0 Å². The highest BCUT2D eigenvalue weighted by Crippen LogP contribution is 2.23. The monoisotopic (exact) mass is 172 g/mol. The third-order valence-corrected chi connectivity index (χ3v) is 0.862. The number of ether oxygens (including phenoxy) is 1. The molecule has 0 aromatic rings. The number of hydrogen-bond acceptors (Lipinski definition) is 1. The lowest BCUT2D eigenvalue weighted by Crippen LogP contribution is -2.30. The summed E-state index contributed by atoms with van der Waals surface area (Å²) >= 11 is 0. The molecule has 0 aliphatic heterocycles. The second-order valence-corrected chi connectivity index (χ2v) is 1.74. The van der Waals surface area contributed by atoms with Gasteiger partial charge in [0.2, 0.25) is 0 Å². The van der Waals surface area contributed by atoms with Crippen molar-refractivity contribution >= 4 is 0 Å². The van der Waals surface area contributed by atoms with Crippen LogP contribution in [0.15, 0.2) is 12.2 Å². The number of hydrogen-bond donors (Lipinski definition) is 0. The fraction of sp³-hybridized carbons (Fsp3) is 0.667. The lowest BCUT2D eigenvalue weighted by atomic mass is 10.5. The maximum Gasteiger partial charge on any atom is 0.416 e. The molecule has 0 fully saturated rings. The average molecular weight is 172 g/mol. The summed E-state index contributed by atoms with van der Waals surface area (Å²) in [5, 5.41) is 0. The van der Waals surface area contributed by atoms with Gasteiger partial charge in [0.05, 0.1) is 6.61 Å². The van der Waals surface area contributed by atoms with Crippen LogP contribution in [0, 0.1) is 0 Å². The molecule has 0 aliphatic carbocycles. The van der Waals surface area contributed by atoms with Crippen LogP contribution in [0.5, 0.6) is 0 Å². The number of allylic oxidation sites excluding steroid dienone is 1. The molecular weight excluding hydrogens is 164 g/mol. The van der Waals surface area contributed by atoms with Crippen molar-refractivity contribution in [3.8, 4) is 0 Å².